The van der Waals surface area contributed by atoms with E-state index in [4.69, 9.17) is 12.2 Å². The summed E-state index contributed by atoms with van der Waals surface area (Å²) in [6, 6.07) is 11.1. The zero-order valence-electron chi connectivity index (χ0n) is 9.53. The van der Waals surface area contributed by atoms with Crippen LogP contribution in [0.2, 0.25) is 0 Å². The van der Waals surface area contributed by atoms with E-state index in [1.54, 1.807) is 6.07 Å². The molecular weight excluding hydrogens is 232 g/mol. The van der Waals surface area contributed by atoms with E-state index in [2.05, 4.69) is 10.6 Å². The van der Waals surface area contributed by atoms with Crippen molar-refractivity contribution >= 4 is 33.8 Å². The predicted molar refractivity (Wildman–Crippen MR) is 75.5 cm³/mol. The highest BCUT2D eigenvalue weighted by Crippen LogP contribution is 2.29. The van der Waals surface area contributed by atoms with Gasteiger partial charge in [0, 0.05) is 23.0 Å². The highest BCUT2D eigenvalue weighted by Gasteiger charge is 2.04. The Morgan fingerprint density at radius 1 is 1.18 bits per heavy atom. The van der Waals surface area contributed by atoms with Crippen molar-refractivity contribution in [2.45, 2.75) is 6.92 Å². The summed E-state index contributed by atoms with van der Waals surface area (Å²) in [4.78, 5) is 0. The summed E-state index contributed by atoms with van der Waals surface area (Å²) in [7, 11) is 0. The highest BCUT2D eigenvalue weighted by atomic mass is 32.1. The van der Waals surface area contributed by atoms with Crippen LogP contribution in [0.4, 0.5) is 5.69 Å². The molecule has 0 saturated heterocycles. The van der Waals surface area contributed by atoms with Crippen molar-refractivity contribution in [2.24, 2.45) is 0 Å². The van der Waals surface area contributed by atoms with Crippen molar-refractivity contribution in [2.75, 3.05) is 11.9 Å². The molecule has 0 saturated carbocycles. The minimum atomic E-state index is 0.278. The van der Waals surface area contributed by atoms with Gasteiger partial charge in [0.15, 0.2) is 5.11 Å². The molecule has 2 rings (SSSR count). The van der Waals surface area contributed by atoms with E-state index in [1.807, 2.05) is 37.3 Å². The molecule has 2 aromatic rings. The highest BCUT2D eigenvalue weighted by molar-refractivity contribution is 7.80. The molecular formula is C13H14N2OS. The number of benzene rings is 2. The number of hydrogen-bond donors (Lipinski definition) is 3. The van der Waals surface area contributed by atoms with Gasteiger partial charge in [0.05, 0.1) is 0 Å². The minimum Gasteiger partial charge on any atom is -0.507 e. The van der Waals surface area contributed by atoms with Gasteiger partial charge in [0.2, 0.25) is 0 Å². The number of aromatic hydroxyl groups is 1. The molecule has 17 heavy (non-hydrogen) atoms. The van der Waals surface area contributed by atoms with E-state index in [0.29, 0.717) is 5.11 Å². The molecule has 0 bridgehead atoms. The minimum absolute atomic E-state index is 0.278. The molecule has 0 aliphatic rings. The average molecular weight is 246 g/mol. The Bertz CT molecular complexity index is 554. The lowest BCUT2D eigenvalue weighted by atomic mass is 10.1. The summed E-state index contributed by atoms with van der Waals surface area (Å²) in [5, 5.41) is 18.3. The summed E-state index contributed by atoms with van der Waals surface area (Å²) in [6.45, 7) is 2.77. The summed E-state index contributed by atoms with van der Waals surface area (Å²) in [5.74, 6) is 0.278. The smallest absolute Gasteiger partial charge is 0.170 e. The van der Waals surface area contributed by atoms with Crippen molar-refractivity contribution in [1.29, 1.82) is 0 Å². The van der Waals surface area contributed by atoms with Crippen LogP contribution >= 0.6 is 12.2 Å². The lowest BCUT2D eigenvalue weighted by Crippen LogP contribution is -2.27. The first-order valence-corrected chi connectivity index (χ1v) is 5.88. The largest absolute Gasteiger partial charge is 0.507 e. The first-order chi connectivity index (χ1) is 8.22. The van der Waals surface area contributed by atoms with Crippen molar-refractivity contribution in [3.05, 3.63) is 36.4 Å². The molecule has 0 fully saturated rings. The van der Waals surface area contributed by atoms with Crippen LogP contribution in [0.15, 0.2) is 36.4 Å². The summed E-state index contributed by atoms with van der Waals surface area (Å²) in [6.07, 6.45) is 0. The zero-order chi connectivity index (χ0) is 12.3. The molecule has 0 heterocycles. The zero-order valence-corrected chi connectivity index (χ0v) is 10.3. The summed E-state index contributed by atoms with van der Waals surface area (Å²) < 4.78 is 0. The van der Waals surface area contributed by atoms with E-state index >= 15 is 0 Å². The van der Waals surface area contributed by atoms with E-state index in [1.165, 1.54) is 0 Å². The maximum Gasteiger partial charge on any atom is 0.170 e. The maximum atomic E-state index is 9.76. The van der Waals surface area contributed by atoms with Crippen molar-refractivity contribution in [3.63, 3.8) is 0 Å². The van der Waals surface area contributed by atoms with E-state index in [9.17, 15) is 5.11 Å². The van der Waals surface area contributed by atoms with Crippen LogP contribution in [0.5, 0.6) is 5.75 Å². The van der Waals surface area contributed by atoms with Crippen LogP contribution in [0.25, 0.3) is 10.8 Å². The lowest BCUT2D eigenvalue weighted by Gasteiger charge is -2.11. The van der Waals surface area contributed by atoms with Gasteiger partial charge in [-0.05, 0) is 31.3 Å². The topological polar surface area (TPSA) is 44.3 Å². The van der Waals surface area contributed by atoms with Crippen LogP contribution in [-0.2, 0) is 0 Å². The molecule has 0 amide bonds. The molecule has 0 unspecified atom stereocenters. The van der Waals surface area contributed by atoms with Gasteiger partial charge >= 0.3 is 0 Å². The first kappa shape index (κ1) is 11.7. The SMILES string of the molecule is CCNC(=S)Nc1cccc2c(O)cccc12. The lowest BCUT2D eigenvalue weighted by molar-refractivity contribution is 0.481. The second kappa shape index (κ2) is 5.01. The molecule has 0 radical (unpaired) electrons. The second-order valence-corrected chi connectivity index (χ2v) is 4.07. The average Bonchev–Trinajstić information content (AvgIpc) is 2.31. The summed E-state index contributed by atoms with van der Waals surface area (Å²) in [5.41, 5.74) is 0.893. The fraction of sp³-hybridized carbons (Fsp3) is 0.154. The van der Waals surface area contributed by atoms with Crippen molar-refractivity contribution < 1.29 is 5.11 Å². The molecule has 0 aromatic heterocycles. The van der Waals surface area contributed by atoms with E-state index < -0.39 is 0 Å². The second-order valence-electron chi connectivity index (χ2n) is 3.66. The number of fused-ring (bicyclic) bond motifs is 1. The van der Waals surface area contributed by atoms with Crippen molar-refractivity contribution in [3.8, 4) is 5.75 Å². The van der Waals surface area contributed by atoms with Crippen LogP contribution in [0.3, 0.4) is 0 Å². The van der Waals surface area contributed by atoms with Crippen LogP contribution in [-0.4, -0.2) is 16.8 Å². The number of rotatable bonds is 2. The predicted octanol–water partition coefficient (Wildman–Crippen LogP) is 2.85. The van der Waals surface area contributed by atoms with Gasteiger partial charge < -0.3 is 15.7 Å². The Balaban J connectivity index is 2.41. The van der Waals surface area contributed by atoms with Crippen LogP contribution < -0.4 is 10.6 Å². The Labute approximate surface area is 105 Å². The normalized spacial score (nSPS) is 10.2. The fourth-order valence-corrected chi connectivity index (χ4v) is 1.98. The van der Waals surface area contributed by atoms with Gasteiger partial charge in [-0.15, -0.1) is 0 Å². The molecule has 0 spiro atoms. The molecule has 2 aromatic carbocycles. The molecule has 0 aliphatic heterocycles. The fourth-order valence-electron chi connectivity index (χ4n) is 1.73. The Hall–Kier alpha value is -1.81. The maximum absolute atomic E-state index is 9.76. The van der Waals surface area contributed by atoms with Crippen LogP contribution in [0.1, 0.15) is 6.92 Å². The third-order valence-corrected chi connectivity index (χ3v) is 2.73. The van der Waals surface area contributed by atoms with Gasteiger partial charge in [-0.3, -0.25) is 0 Å². The van der Waals surface area contributed by atoms with Gasteiger partial charge in [0.25, 0.3) is 0 Å². The number of hydrogen-bond acceptors (Lipinski definition) is 2. The third kappa shape index (κ3) is 2.47. The molecule has 3 N–H and O–H groups in total. The monoisotopic (exact) mass is 246 g/mol. The van der Waals surface area contributed by atoms with Gasteiger partial charge in [-0.1, -0.05) is 24.3 Å². The summed E-state index contributed by atoms with van der Waals surface area (Å²) >= 11 is 5.15. The van der Waals surface area contributed by atoms with Gasteiger partial charge in [0.1, 0.15) is 5.75 Å². The Kier molecular flexibility index (Phi) is 3.44. The number of thiocarbonyl (C=S) groups is 1. The van der Waals surface area contributed by atoms with Gasteiger partial charge in [-0.2, -0.15) is 0 Å². The Morgan fingerprint density at radius 3 is 2.65 bits per heavy atom. The molecule has 4 heteroatoms. The number of phenols is 1. The number of nitrogens with one attached hydrogen (secondary N) is 2. The Morgan fingerprint density at radius 2 is 1.88 bits per heavy atom. The molecule has 0 atom stereocenters. The standard InChI is InChI=1S/C13H14N2OS/c1-2-14-13(17)15-11-7-3-6-10-9(11)5-4-8-12(10)16/h3-8,16H,2H2,1H3,(H2,14,15,17). The third-order valence-electron chi connectivity index (χ3n) is 2.48. The quantitative estimate of drug-likeness (QED) is 0.713. The van der Waals surface area contributed by atoms with Crippen molar-refractivity contribution in [1.82, 2.24) is 5.32 Å². The van der Waals surface area contributed by atoms with E-state index in [0.717, 1.165) is 23.0 Å². The van der Waals surface area contributed by atoms with E-state index in [-0.39, 0.29) is 5.75 Å². The molecule has 0 aliphatic carbocycles. The first-order valence-electron chi connectivity index (χ1n) is 5.48. The number of phenolic OH excluding ortho intramolecular Hbond substituents is 1. The number of anilines is 1. The van der Waals surface area contributed by atoms with Crippen LogP contribution in [0, 0.1) is 0 Å². The molecule has 88 valence electrons. The molecule has 3 nitrogen and oxygen atoms in total. The van der Waals surface area contributed by atoms with Gasteiger partial charge in [-0.25, -0.2) is 0 Å².